The van der Waals surface area contributed by atoms with E-state index >= 15 is 0 Å². The van der Waals surface area contributed by atoms with Gasteiger partial charge < -0.3 is 4.42 Å². The number of hydrogen-bond acceptors (Lipinski definition) is 5. The summed E-state index contributed by atoms with van der Waals surface area (Å²) >= 11 is 5.99. The van der Waals surface area contributed by atoms with Gasteiger partial charge in [0, 0.05) is 17.7 Å². The van der Waals surface area contributed by atoms with E-state index in [4.69, 9.17) is 16.0 Å². The number of nitrogens with zero attached hydrogens (tertiary/aromatic N) is 2. The van der Waals surface area contributed by atoms with E-state index in [0.29, 0.717) is 5.69 Å². The number of furan rings is 1. The van der Waals surface area contributed by atoms with Crippen molar-refractivity contribution in [3.63, 3.8) is 0 Å². The van der Waals surface area contributed by atoms with Gasteiger partial charge in [-0.2, -0.15) is 18.3 Å². The molecule has 0 amide bonds. The van der Waals surface area contributed by atoms with Crippen LogP contribution in [-0.2, 0) is 6.18 Å². The van der Waals surface area contributed by atoms with Crippen LogP contribution in [0.4, 0.5) is 24.5 Å². The number of hydrogen-bond donors (Lipinski definition) is 1. The maximum absolute atomic E-state index is 12.9. The number of alkyl halides is 3. The zero-order chi connectivity index (χ0) is 20.3. The summed E-state index contributed by atoms with van der Waals surface area (Å²) in [5.74, 6) is 0.436. The lowest BCUT2D eigenvalue weighted by molar-refractivity contribution is -0.384. The molecule has 0 saturated carbocycles. The van der Waals surface area contributed by atoms with Gasteiger partial charge in [-0.1, -0.05) is 11.6 Å². The minimum Gasteiger partial charge on any atom is -0.455 e. The van der Waals surface area contributed by atoms with E-state index in [9.17, 15) is 23.3 Å². The molecule has 1 heterocycles. The molecule has 0 aliphatic rings. The van der Waals surface area contributed by atoms with Gasteiger partial charge in [-0.05, 0) is 42.5 Å². The highest BCUT2D eigenvalue weighted by molar-refractivity contribution is 6.33. The Hall–Kier alpha value is -3.33. The average molecular weight is 410 g/mol. The zero-order valence-electron chi connectivity index (χ0n) is 13.9. The van der Waals surface area contributed by atoms with Crippen LogP contribution in [0, 0.1) is 10.1 Å². The van der Waals surface area contributed by atoms with Crippen LogP contribution in [0.5, 0.6) is 0 Å². The maximum atomic E-state index is 12.9. The number of nitrogens with one attached hydrogen (secondary N) is 1. The van der Waals surface area contributed by atoms with Crippen LogP contribution in [0.25, 0.3) is 11.3 Å². The van der Waals surface area contributed by atoms with E-state index in [1.807, 2.05) is 0 Å². The molecule has 0 bridgehead atoms. The van der Waals surface area contributed by atoms with Crippen LogP contribution in [0.2, 0.25) is 5.02 Å². The predicted octanol–water partition coefficient (Wildman–Crippen LogP) is 5.97. The molecule has 0 atom stereocenters. The quantitative estimate of drug-likeness (QED) is 0.319. The molecule has 1 aromatic heterocycles. The van der Waals surface area contributed by atoms with Gasteiger partial charge in [0.15, 0.2) is 0 Å². The second kappa shape index (κ2) is 7.73. The van der Waals surface area contributed by atoms with Crippen molar-refractivity contribution in [3.05, 3.63) is 81.1 Å². The van der Waals surface area contributed by atoms with Gasteiger partial charge in [-0.25, -0.2) is 0 Å². The van der Waals surface area contributed by atoms with E-state index in [2.05, 4.69) is 10.5 Å². The van der Waals surface area contributed by atoms with Crippen molar-refractivity contribution in [2.24, 2.45) is 5.10 Å². The molecule has 0 radical (unpaired) electrons. The topological polar surface area (TPSA) is 80.7 Å². The standard InChI is InChI=1S/C18H11ClF3N3O3/c19-16-7-1-11(18(20,21)22)9-15(16)17-8-6-14(28-17)10-23-24-12-2-4-13(5-3-12)25(26)27/h1-10,24H/b23-10+. The summed E-state index contributed by atoms with van der Waals surface area (Å²) in [4.78, 5) is 10.1. The minimum absolute atomic E-state index is 0.0526. The second-order valence-electron chi connectivity index (χ2n) is 5.57. The summed E-state index contributed by atoms with van der Waals surface area (Å²) < 4.78 is 44.1. The Balaban J connectivity index is 1.74. The number of hydrazone groups is 1. The Bertz CT molecular complexity index is 1030. The maximum Gasteiger partial charge on any atom is 0.416 e. The van der Waals surface area contributed by atoms with Gasteiger partial charge in [0.25, 0.3) is 5.69 Å². The molecule has 1 N–H and O–H groups in total. The molecular formula is C18H11ClF3N3O3. The first kappa shape index (κ1) is 19.4. The van der Waals surface area contributed by atoms with Gasteiger partial charge in [0.1, 0.15) is 11.5 Å². The number of nitro benzene ring substituents is 1. The lowest BCUT2D eigenvalue weighted by Crippen LogP contribution is -2.04. The summed E-state index contributed by atoms with van der Waals surface area (Å²) in [5, 5.41) is 14.6. The van der Waals surface area contributed by atoms with Gasteiger partial charge in [0.05, 0.1) is 27.4 Å². The largest absolute Gasteiger partial charge is 0.455 e. The van der Waals surface area contributed by atoms with Crippen molar-refractivity contribution in [3.8, 4) is 11.3 Å². The zero-order valence-corrected chi connectivity index (χ0v) is 14.7. The van der Waals surface area contributed by atoms with Crippen molar-refractivity contribution in [1.82, 2.24) is 0 Å². The average Bonchev–Trinajstić information content (AvgIpc) is 3.10. The number of anilines is 1. The third-order valence-electron chi connectivity index (χ3n) is 3.65. The molecule has 0 spiro atoms. The van der Waals surface area contributed by atoms with Gasteiger partial charge in [-0.3, -0.25) is 15.5 Å². The summed E-state index contributed by atoms with van der Waals surface area (Å²) in [6.07, 6.45) is -3.18. The highest BCUT2D eigenvalue weighted by atomic mass is 35.5. The molecule has 0 unspecified atom stereocenters. The van der Waals surface area contributed by atoms with Crippen LogP contribution in [0.1, 0.15) is 11.3 Å². The molecule has 6 nitrogen and oxygen atoms in total. The van der Waals surface area contributed by atoms with E-state index in [-0.39, 0.29) is 27.8 Å². The van der Waals surface area contributed by atoms with Crippen molar-refractivity contribution < 1.29 is 22.5 Å². The van der Waals surface area contributed by atoms with Crippen LogP contribution in [0.15, 0.2) is 64.1 Å². The van der Waals surface area contributed by atoms with Gasteiger partial charge in [-0.15, -0.1) is 0 Å². The molecule has 3 aromatic rings. The van der Waals surface area contributed by atoms with E-state index in [0.717, 1.165) is 18.2 Å². The van der Waals surface area contributed by atoms with E-state index < -0.39 is 16.7 Å². The number of benzene rings is 2. The lowest BCUT2D eigenvalue weighted by Gasteiger charge is -2.09. The molecule has 0 fully saturated rings. The van der Waals surface area contributed by atoms with Crippen molar-refractivity contribution >= 4 is 29.2 Å². The highest BCUT2D eigenvalue weighted by Crippen LogP contribution is 2.36. The first-order valence-corrected chi connectivity index (χ1v) is 8.12. The Labute approximate surface area is 161 Å². The minimum atomic E-state index is -4.50. The summed E-state index contributed by atoms with van der Waals surface area (Å²) in [7, 11) is 0. The van der Waals surface area contributed by atoms with E-state index in [1.54, 1.807) is 0 Å². The number of halogens is 4. The molecule has 3 rings (SSSR count). The third kappa shape index (κ3) is 4.49. The molecule has 28 heavy (non-hydrogen) atoms. The number of rotatable bonds is 5. The fraction of sp³-hybridized carbons (Fsp3) is 0.0556. The Morgan fingerprint density at radius 3 is 2.46 bits per heavy atom. The molecule has 0 saturated heterocycles. The van der Waals surface area contributed by atoms with E-state index in [1.165, 1.54) is 42.6 Å². The second-order valence-corrected chi connectivity index (χ2v) is 5.98. The predicted molar refractivity (Wildman–Crippen MR) is 98.5 cm³/mol. The third-order valence-corrected chi connectivity index (χ3v) is 3.98. The smallest absolute Gasteiger partial charge is 0.416 e. The molecule has 10 heteroatoms. The Morgan fingerprint density at radius 1 is 1.11 bits per heavy atom. The molecular weight excluding hydrogens is 399 g/mol. The van der Waals surface area contributed by atoms with Crippen molar-refractivity contribution in [1.29, 1.82) is 0 Å². The van der Waals surface area contributed by atoms with Crippen LogP contribution in [-0.4, -0.2) is 11.1 Å². The Morgan fingerprint density at radius 2 is 1.82 bits per heavy atom. The lowest BCUT2D eigenvalue weighted by atomic mass is 10.1. The van der Waals surface area contributed by atoms with Gasteiger partial charge >= 0.3 is 6.18 Å². The molecule has 0 aliphatic carbocycles. The normalized spacial score (nSPS) is 11.7. The van der Waals surface area contributed by atoms with Crippen LogP contribution < -0.4 is 5.43 Å². The van der Waals surface area contributed by atoms with Crippen molar-refractivity contribution in [2.75, 3.05) is 5.43 Å². The first-order valence-electron chi connectivity index (χ1n) is 7.74. The fourth-order valence-electron chi connectivity index (χ4n) is 2.29. The number of nitro groups is 1. The molecule has 0 aliphatic heterocycles. The van der Waals surface area contributed by atoms with Crippen LogP contribution >= 0.6 is 11.6 Å². The van der Waals surface area contributed by atoms with Gasteiger partial charge in [0.2, 0.25) is 0 Å². The summed E-state index contributed by atoms with van der Waals surface area (Å²) in [5.41, 5.74) is 2.39. The fourth-order valence-corrected chi connectivity index (χ4v) is 2.50. The number of non-ortho nitro benzene ring substituents is 1. The monoisotopic (exact) mass is 409 g/mol. The molecule has 2 aromatic carbocycles. The summed E-state index contributed by atoms with van der Waals surface area (Å²) in [6.45, 7) is 0. The van der Waals surface area contributed by atoms with Crippen molar-refractivity contribution in [2.45, 2.75) is 6.18 Å². The first-order chi connectivity index (χ1) is 13.2. The Kier molecular flexibility index (Phi) is 5.36. The molecule has 144 valence electrons. The van der Waals surface area contributed by atoms with Crippen LogP contribution in [0.3, 0.4) is 0 Å². The highest BCUT2D eigenvalue weighted by Gasteiger charge is 2.31. The SMILES string of the molecule is O=[N+]([O-])c1ccc(N/N=C/c2ccc(-c3cc(C(F)(F)F)ccc3Cl)o2)cc1. The summed E-state index contributed by atoms with van der Waals surface area (Å²) in [6, 6.07) is 11.6.